The number of nitrogens with zero attached hydrogens (tertiary/aromatic N) is 3. The van der Waals surface area contributed by atoms with Crippen molar-refractivity contribution in [2.24, 2.45) is 0 Å². The minimum atomic E-state index is 0.457. The van der Waals surface area contributed by atoms with E-state index >= 15 is 0 Å². The molecule has 0 saturated carbocycles. The van der Waals surface area contributed by atoms with E-state index < -0.39 is 0 Å². The standard InChI is InChI=1S/C10H14N6/c1-3-7-9(10(11)14-6(2)13-7)15-8-4-5-12-16-8/h4-5H,3H2,1-2H3,(H2,11,13,14)(H2,12,15,16). The van der Waals surface area contributed by atoms with Gasteiger partial charge < -0.3 is 11.1 Å². The quantitative estimate of drug-likeness (QED) is 0.724. The summed E-state index contributed by atoms with van der Waals surface area (Å²) >= 11 is 0. The number of anilines is 3. The first kappa shape index (κ1) is 10.4. The second-order valence-electron chi connectivity index (χ2n) is 3.43. The Hall–Kier alpha value is -2.11. The van der Waals surface area contributed by atoms with Crippen molar-refractivity contribution in [2.45, 2.75) is 20.3 Å². The molecule has 2 rings (SSSR count). The highest BCUT2D eigenvalue weighted by Gasteiger charge is 2.10. The highest BCUT2D eigenvalue weighted by molar-refractivity contribution is 5.70. The van der Waals surface area contributed by atoms with Crippen molar-refractivity contribution in [3.8, 4) is 0 Å². The van der Waals surface area contributed by atoms with E-state index in [0.717, 1.165) is 23.6 Å². The van der Waals surface area contributed by atoms with Gasteiger partial charge in [0.15, 0.2) is 5.82 Å². The van der Waals surface area contributed by atoms with Crippen LogP contribution in [0.5, 0.6) is 0 Å². The molecule has 0 saturated heterocycles. The van der Waals surface area contributed by atoms with Crippen molar-refractivity contribution in [1.29, 1.82) is 0 Å². The first-order chi connectivity index (χ1) is 7.70. The predicted octanol–water partition coefficient (Wildman–Crippen LogP) is 1.40. The van der Waals surface area contributed by atoms with Gasteiger partial charge in [0.25, 0.3) is 0 Å². The van der Waals surface area contributed by atoms with Crippen LogP contribution in [-0.2, 0) is 6.42 Å². The predicted molar refractivity (Wildman–Crippen MR) is 62.4 cm³/mol. The third kappa shape index (κ3) is 1.95. The lowest BCUT2D eigenvalue weighted by Crippen LogP contribution is -2.07. The summed E-state index contributed by atoms with van der Waals surface area (Å²) in [5.74, 6) is 1.91. The average Bonchev–Trinajstić information content (AvgIpc) is 2.74. The van der Waals surface area contributed by atoms with Gasteiger partial charge in [-0.15, -0.1) is 0 Å². The SMILES string of the molecule is CCc1nc(C)nc(N)c1Nc1ccn[nH]1. The van der Waals surface area contributed by atoms with Gasteiger partial charge >= 0.3 is 0 Å². The van der Waals surface area contributed by atoms with Gasteiger partial charge in [-0.25, -0.2) is 9.97 Å². The number of aryl methyl sites for hydroxylation is 2. The Morgan fingerprint density at radius 2 is 2.25 bits per heavy atom. The van der Waals surface area contributed by atoms with Gasteiger partial charge in [-0.2, -0.15) is 5.10 Å². The van der Waals surface area contributed by atoms with Crippen LogP contribution in [-0.4, -0.2) is 20.2 Å². The van der Waals surface area contributed by atoms with Crippen LogP contribution in [0.1, 0.15) is 18.4 Å². The molecule has 6 heteroatoms. The molecule has 0 bridgehead atoms. The summed E-state index contributed by atoms with van der Waals surface area (Å²) in [5, 5.41) is 9.79. The van der Waals surface area contributed by atoms with E-state index in [1.54, 1.807) is 6.20 Å². The Morgan fingerprint density at radius 1 is 1.44 bits per heavy atom. The normalized spacial score (nSPS) is 10.4. The molecule has 0 unspecified atom stereocenters. The van der Waals surface area contributed by atoms with Gasteiger partial charge in [-0.1, -0.05) is 6.92 Å². The summed E-state index contributed by atoms with van der Waals surface area (Å²) < 4.78 is 0. The maximum atomic E-state index is 5.87. The number of hydrogen-bond acceptors (Lipinski definition) is 5. The summed E-state index contributed by atoms with van der Waals surface area (Å²) in [4.78, 5) is 8.48. The van der Waals surface area contributed by atoms with Crippen LogP contribution < -0.4 is 11.1 Å². The van der Waals surface area contributed by atoms with Crippen molar-refractivity contribution >= 4 is 17.3 Å². The van der Waals surface area contributed by atoms with Crippen molar-refractivity contribution in [1.82, 2.24) is 20.2 Å². The van der Waals surface area contributed by atoms with Gasteiger partial charge in [0.05, 0.1) is 11.9 Å². The Bertz CT molecular complexity index is 476. The summed E-state index contributed by atoms with van der Waals surface area (Å²) in [5.41, 5.74) is 7.52. The van der Waals surface area contributed by atoms with Crippen LogP contribution in [0.15, 0.2) is 12.3 Å². The Labute approximate surface area is 93.3 Å². The molecule has 6 nitrogen and oxygen atoms in total. The highest BCUT2D eigenvalue weighted by Crippen LogP contribution is 2.23. The van der Waals surface area contributed by atoms with Gasteiger partial charge in [0.1, 0.15) is 17.3 Å². The third-order valence-electron chi connectivity index (χ3n) is 2.22. The molecule has 0 aliphatic rings. The molecule has 2 aromatic heterocycles. The Kier molecular flexibility index (Phi) is 2.72. The maximum absolute atomic E-state index is 5.87. The van der Waals surface area contributed by atoms with Gasteiger partial charge in [0.2, 0.25) is 0 Å². The minimum Gasteiger partial charge on any atom is -0.382 e. The molecule has 0 aromatic carbocycles. The zero-order chi connectivity index (χ0) is 11.5. The number of rotatable bonds is 3. The van der Waals surface area contributed by atoms with Crippen molar-refractivity contribution in [2.75, 3.05) is 11.1 Å². The molecular formula is C10H14N6. The fraction of sp³-hybridized carbons (Fsp3) is 0.300. The smallest absolute Gasteiger partial charge is 0.151 e. The molecule has 84 valence electrons. The van der Waals surface area contributed by atoms with Gasteiger partial charge in [-0.3, -0.25) is 5.10 Å². The Balaban J connectivity index is 2.39. The largest absolute Gasteiger partial charge is 0.382 e. The lowest BCUT2D eigenvalue weighted by molar-refractivity contribution is 0.956. The molecule has 0 aliphatic carbocycles. The van der Waals surface area contributed by atoms with E-state index in [1.807, 2.05) is 19.9 Å². The zero-order valence-electron chi connectivity index (χ0n) is 9.28. The average molecular weight is 218 g/mol. The molecule has 0 fully saturated rings. The molecule has 0 atom stereocenters. The fourth-order valence-corrected chi connectivity index (χ4v) is 1.51. The van der Waals surface area contributed by atoms with E-state index in [9.17, 15) is 0 Å². The first-order valence-corrected chi connectivity index (χ1v) is 5.10. The maximum Gasteiger partial charge on any atom is 0.151 e. The first-order valence-electron chi connectivity index (χ1n) is 5.10. The lowest BCUT2D eigenvalue weighted by atomic mass is 10.2. The fourth-order valence-electron chi connectivity index (χ4n) is 1.51. The number of hydrogen-bond donors (Lipinski definition) is 3. The minimum absolute atomic E-state index is 0.457. The summed E-state index contributed by atoms with van der Waals surface area (Å²) in [7, 11) is 0. The second-order valence-corrected chi connectivity index (χ2v) is 3.43. The van der Waals surface area contributed by atoms with Crippen LogP contribution in [0.25, 0.3) is 0 Å². The molecule has 0 radical (unpaired) electrons. The van der Waals surface area contributed by atoms with Crippen LogP contribution >= 0.6 is 0 Å². The molecule has 0 aliphatic heterocycles. The summed E-state index contributed by atoms with van der Waals surface area (Å²) in [6.07, 6.45) is 2.46. The van der Waals surface area contributed by atoms with E-state index in [0.29, 0.717) is 11.6 Å². The monoisotopic (exact) mass is 218 g/mol. The van der Waals surface area contributed by atoms with Gasteiger partial charge in [-0.05, 0) is 13.3 Å². The van der Waals surface area contributed by atoms with E-state index in [4.69, 9.17) is 5.73 Å². The molecule has 2 heterocycles. The summed E-state index contributed by atoms with van der Waals surface area (Å²) in [6, 6.07) is 1.82. The number of H-pyrrole nitrogens is 1. The Morgan fingerprint density at radius 3 is 2.88 bits per heavy atom. The topological polar surface area (TPSA) is 92.5 Å². The van der Waals surface area contributed by atoms with Gasteiger partial charge in [0, 0.05) is 6.07 Å². The summed E-state index contributed by atoms with van der Waals surface area (Å²) in [6.45, 7) is 3.86. The van der Waals surface area contributed by atoms with Crippen LogP contribution in [0.2, 0.25) is 0 Å². The molecule has 0 spiro atoms. The molecule has 16 heavy (non-hydrogen) atoms. The number of nitrogens with one attached hydrogen (secondary N) is 2. The highest BCUT2D eigenvalue weighted by atomic mass is 15.2. The molecule has 2 aromatic rings. The molecule has 0 amide bonds. The van der Waals surface area contributed by atoms with Crippen LogP contribution in [0.3, 0.4) is 0 Å². The zero-order valence-corrected chi connectivity index (χ0v) is 9.28. The third-order valence-corrected chi connectivity index (χ3v) is 2.22. The van der Waals surface area contributed by atoms with Crippen molar-refractivity contribution in [3.63, 3.8) is 0 Å². The van der Waals surface area contributed by atoms with Crippen molar-refractivity contribution < 1.29 is 0 Å². The van der Waals surface area contributed by atoms with E-state index in [1.165, 1.54) is 0 Å². The van der Waals surface area contributed by atoms with Crippen LogP contribution in [0.4, 0.5) is 17.3 Å². The second kappa shape index (κ2) is 4.18. The number of nitrogens with two attached hydrogens (primary N) is 1. The number of aromatic nitrogens is 4. The van der Waals surface area contributed by atoms with Crippen molar-refractivity contribution in [3.05, 3.63) is 23.8 Å². The number of nitrogen functional groups attached to an aromatic ring is 1. The molecular weight excluding hydrogens is 204 g/mol. The lowest BCUT2D eigenvalue weighted by Gasteiger charge is -2.11. The van der Waals surface area contributed by atoms with Crippen LogP contribution in [0, 0.1) is 6.92 Å². The van der Waals surface area contributed by atoms with E-state index in [-0.39, 0.29) is 0 Å². The van der Waals surface area contributed by atoms with E-state index in [2.05, 4.69) is 25.5 Å². The number of aromatic amines is 1. The molecule has 4 N–H and O–H groups in total.